The third-order valence-corrected chi connectivity index (χ3v) is 5.83. The van der Waals surface area contributed by atoms with E-state index in [9.17, 15) is 9.18 Å². The van der Waals surface area contributed by atoms with Crippen LogP contribution in [0.25, 0.3) is 11.3 Å². The SMILES string of the molecule is Cc1cc(N2CCOCC2)nc(Nc2ccc(NC(=O)c3cc(-c4ccc(F)cc4)nn3C)cc2)n1. The largest absolute Gasteiger partial charge is 0.378 e. The number of aromatic nitrogens is 4. The first kappa shape index (κ1) is 23.4. The fourth-order valence-corrected chi connectivity index (χ4v) is 3.96. The lowest BCUT2D eigenvalue weighted by Crippen LogP contribution is -2.36. The Kier molecular flexibility index (Phi) is 6.59. The van der Waals surface area contributed by atoms with E-state index in [4.69, 9.17) is 4.74 Å². The van der Waals surface area contributed by atoms with Crippen LogP contribution >= 0.6 is 0 Å². The van der Waals surface area contributed by atoms with Crippen LogP contribution in [0.15, 0.2) is 60.7 Å². The van der Waals surface area contributed by atoms with Gasteiger partial charge in [0.2, 0.25) is 5.95 Å². The van der Waals surface area contributed by atoms with Gasteiger partial charge in [-0.3, -0.25) is 9.48 Å². The molecule has 3 heterocycles. The van der Waals surface area contributed by atoms with Gasteiger partial charge in [-0.1, -0.05) is 0 Å². The molecule has 0 saturated carbocycles. The molecule has 2 aromatic carbocycles. The zero-order chi connectivity index (χ0) is 25.1. The van der Waals surface area contributed by atoms with E-state index in [0.29, 0.717) is 36.2 Å². The lowest BCUT2D eigenvalue weighted by molar-refractivity contribution is 0.101. The van der Waals surface area contributed by atoms with Gasteiger partial charge in [-0.05, 0) is 61.5 Å². The van der Waals surface area contributed by atoms with Crippen LogP contribution < -0.4 is 15.5 Å². The summed E-state index contributed by atoms with van der Waals surface area (Å²) in [6.45, 7) is 4.91. The molecule has 2 N–H and O–H groups in total. The van der Waals surface area contributed by atoms with Gasteiger partial charge in [0, 0.05) is 48.8 Å². The van der Waals surface area contributed by atoms with Crippen molar-refractivity contribution in [2.75, 3.05) is 41.8 Å². The lowest BCUT2D eigenvalue weighted by atomic mass is 10.1. The van der Waals surface area contributed by atoms with Crippen molar-refractivity contribution in [2.45, 2.75) is 6.92 Å². The number of carbonyl (C=O) groups excluding carboxylic acids is 1. The monoisotopic (exact) mass is 487 g/mol. The maximum absolute atomic E-state index is 13.2. The first-order valence-electron chi connectivity index (χ1n) is 11.6. The molecule has 0 bridgehead atoms. The van der Waals surface area contributed by atoms with E-state index < -0.39 is 0 Å². The highest BCUT2D eigenvalue weighted by Crippen LogP contribution is 2.22. The molecule has 5 rings (SSSR count). The normalized spacial score (nSPS) is 13.5. The van der Waals surface area contributed by atoms with Crippen molar-refractivity contribution in [3.8, 4) is 11.3 Å². The van der Waals surface area contributed by atoms with Crippen LogP contribution in [0.3, 0.4) is 0 Å². The summed E-state index contributed by atoms with van der Waals surface area (Å²) >= 11 is 0. The summed E-state index contributed by atoms with van der Waals surface area (Å²) in [6.07, 6.45) is 0. The van der Waals surface area contributed by atoms with Gasteiger partial charge in [-0.2, -0.15) is 10.1 Å². The van der Waals surface area contributed by atoms with Crippen molar-refractivity contribution in [3.63, 3.8) is 0 Å². The molecule has 2 aromatic heterocycles. The number of nitrogens with zero attached hydrogens (tertiary/aromatic N) is 5. The van der Waals surface area contributed by atoms with Crippen LogP contribution in [-0.2, 0) is 11.8 Å². The average Bonchev–Trinajstić information content (AvgIpc) is 3.27. The maximum Gasteiger partial charge on any atom is 0.273 e. The molecule has 1 aliphatic heterocycles. The number of halogens is 1. The van der Waals surface area contributed by atoms with Gasteiger partial charge in [0.1, 0.15) is 17.3 Å². The summed E-state index contributed by atoms with van der Waals surface area (Å²) in [4.78, 5) is 24.2. The second kappa shape index (κ2) is 10.1. The van der Waals surface area contributed by atoms with Gasteiger partial charge in [-0.15, -0.1) is 0 Å². The first-order valence-corrected chi connectivity index (χ1v) is 11.6. The Morgan fingerprint density at radius 2 is 1.67 bits per heavy atom. The van der Waals surface area contributed by atoms with Crippen LogP contribution in [0.4, 0.5) is 27.5 Å². The molecule has 36 heavy (non-hydrogen) atoms. The molecule has 4 aromatic rings. The molecule has 9 nitrogen and oxygen atoms in total. The second-order valence-electron chi connectivity index (χ2n) is 8.49. The molecular formula is C26H26FN7O2. The van der Waals surface area contributed by atoms with E-state index >= 15 is 0 Å². The van der Waals surface area contributed by atoms with Crippen molar-refractivity contribution >= 4 is 29.0 Å². The topological polar surface area (TPSA) is 97.2 Å². The van der Waals surface area contributed by atoms with Crippen LogP contribution in [0, 0.1) is 12.7 Å². The first-order chi connectivity index (χ1) is 17.4. The van der Waals surface area contributed by atoms with E-state index in [2.05, 4.69) is 30.6 Å². The molecule has 10 heteroatoms. The minimum absolute atomic E-state index is 0.295. The zero-order valence-corrected chi connectivity index (χ0v) is 20.0. The van der Waals surface area contributed by atoms with Gasteiger partial charge in [0.15, 0.2) is 0 Å². The number of ether oxygens (including phenoxy) is 1. The van der Waals surface area contributed by atoms with Crippen LogP contribution in [0.5, 0.6) is 0 Å². The van der Waals surface area contributed by atoms with Crippen LogP contribution in [0.2, 0.25) is 0 Å². The molecule has 0 atom stereocenters. The highest BCUT2D eigenvalue weighted by molar-refractivity contribution is 6.03. The lowest BCUT2D eigenvalue weighted by Gasteiger charge is -2.28. The third kappa shape index (κ3) is 5.33. The van der Waals surface area contributed by atoms with Gasteiger partial charge < -0.3 is 20.3 Å². The fourth-order valence-electron chi connectivity index (χ4n) is 3.96. The van der Waals surface area contributed by atoms with Crippen LogP contribution in [-0.4, -0.2) is 52.0 Å². The summed E-state index contributed by atoms with van der Waals surface area (Å²) in [5, 5.41) is 10.5. The van der Waals surface area contributed by atoms with E-state index in [1.165, 1.54) is 16.8 Å². The standard InChI is InChI=1S/C26H26FN7O2/c1-17-15-24(34-11-13-36-14-12-34)31-26(28-17)30-21-9-7-20(8-10-21)29-25(35)23-16-22(32-33(23)2)18-3-5-19(27)6-4-18/h3-10,15-16H,11-14H2,1-2H3,(H,29,35)(H,28,30,31). The number of rotatable bonds is 6. The van der Waals surface area contributed by atoms with Gasteiger partial charge in [0.05, 0.1) is 18.9 Å². The van der Waals surface area contributed by atoms with Crippen molar-refractivity contribution in [2.24, 2.45) is 7.05 Å². The Hall–Kier alpha value is -4.31. The molecule has 0 aliphatic carbocycles. The maximum atomic E-state index is 13.2. The Labute approximate surface area is 207 Å². The summed E-state index contributed by atoms with van der Waals surface area (Å²) in [5.41, 5.74) is 4.02. The molecule has 1 aliphatic rings. The molecule has 1 fully saturated rings. The van der Waals surface area contributed by atoms with Gasteiger partial charge >= 0.3 is 0 Å². The molecular weight excluding hydrogens is 461 g/mol. The zero-order valence-electron chi connectivity index (χ0n) is 20.0. The molecule has 0 unspecified atom stereocenters. The Bertz CT molecular complexity index is 1360. The van der Waals surface area contributed by atoms with E-state index in [-0.39, 0.29) is 11.7 Å². The highest BCUT2D eigenvalue weighted by Gasteiger charge is 2.16. The number of morpholine rings is 1. The third-order valence-electron chi connectivity index (χ3n) is 5.83. The Morgan fingerprint density at radius 1 is 0.972 bits per heavy atom. The fraction of sp³-hybridized carbons (Fsp3) is 0.231. The van der Waals surface area contributed by atoms with Crippen molar-refractivity contribution in [1.29, 1.82) is 0 Å². The number of aryl methyl sites for hydroxylation is 2. The second-order valence-corrected chi connectivity index (χ2v) is 8.49. The van der Waals surface area contributed by atoms with Crippen molar-refractivity contribution in [1.82, 2.24) is 19.7 Å². The minimum atomic E-state index is -0.322. The predicted octanol–water partition coefficient (Wildman–Crippen LogP) is 4.16. The summed E-state index contributed by atoms with van der Waals surface area (Å²) < 4.78 is 20.1. The summed E-state index contributed by atoms with van der Waals surface area (Å²) in [7, 11) is 1.70. The number of benzene rings is 2. The van der Waals surface area contributed by atoms with Crippen LogP contribution in [0.1, 0.15) is 16.2 Å². The molecule has 0 radical (unpaired) electrons. The summed E-state index contributed by atoms with van der Waals surface area (Å²) in [6, 6.07) is 16.9. The smallest absolute Gasteiger partial charge is 0.273 e. The minimum Gasteiger partial charge on any atom is -0.378 e. The molecule has 0 spiro atoms. The number of anilines is 4. The number of carbonyl (C=O) groups is 1. The number of nitrogens with one attached hydrogen (secondary N) is 2. The highest BCUT2D eigenvalue weighted by atomic mass is 19.1. The number of amides is 1. The van der Waals surface area contributed by atoms with E-state index in [0.717, 1.165) is 35.9 Å². The quantitative estimate of drug-likeness (QED) is 0.422. The van der Waals surface area contributed by atoms with E-state index in [1.807, 2.05) is 25.1 Å². The molecule has 1 amide bonds. The van der Waals surface area contributed by atoms with E-state index in [1.54, 1.807) is 37.4 Å². The molecule has 184 valence electrons. The van der Waals surface area contributed by atoms with Gasteiger partial charge in [0.25, 0.3) is 5.91 Å². The van der Waals surface area contributed by atoms with Gasteiger partial charge in [-0.25, -0.2) is 9.37 Å². The number of hydrogen-bond donors (Lipinski definition) is 2. The van der Waals surface area contributed by atoms with Crippen molar-refractivity contribution < 1.29 is 13.9 Å². The summed E-state index contributed by atoms with van der Waals surface area (Å²) in [5.74, 6) is 0.762. The van der Waals surface area contributed by atoms with Crippen molar-refractivity contribution in [3.05, 3.63) is 77.9 Å². The number of hydrogen-bond acceptors (Lipinski definition) is 7. The predicted molar refractivity (Wildman–Crippen MR) is 136 cm³/mol. The molecule has 1 saturated heterocycles. The Morgan fingerprint density at radius 3 is 2.39 bits per heavy atom. The Balaban J connectivity index is 1.25. The average molecular weight is 488 g/mol.